The number of fused-ring (bicyclic) bond motifs is 1. The highest BCUT2D eigenvalue weighted by molar-refractivity contribution is 5.94. The normalized spacial score (nSPS) is 13.9. The van der Waals surface area contributed by atoms with Crippen LogP contribution in [-0.2, 0) is 19.6 Å². The molecule has 1 amide bonds. The fraction of sp³-hybridized carbons (Fsp3) is 0.286. The van der Waals surface area contributed by atoms with Crippen molar-refractivity contribution in [3.63, 3.8) is 0 Å². The minimum absolute atomic E-state index is 0.156. The van der Waals surface area contributed by atoms with Crippen LogP contribution < -0.4 is 15.4 Å². The van der Waals surface area contributed by atoms with Crippen LogP contribution in [0.15, 0.2) is 72.0 Å². The lowest BCUT2D eigenvalue weighted by molar-refractivity contribution is 0.0841. The van der Waals surface area contributed by atoms with E-state index in [-0.39, 0.29) is 12.5 Å². The van der Waals surface area contributed by atoms with E-state index < -0.39 is 6.10 Å². The molecular formula is C28H30N6O4. The maximum absolute atomic E-state index is 12.7. The van der Waals surface area contributed by atoms with E-state index in [1.54, 1.807) is 36.9 Å². The molecule has 1 aliphatic rings. The molecule has 3 N–H and O–H groups in total. The van der Waals surface area contributed by atoms with E-state index in [9.17, 15) is 9.90 Å². The number of carbonyl (C=O) groups is 1. The van der Waals surface area contributed by atoms with Crippen molar-refractivity contribution >= 4 is 17.4 Å². The van der Waals surface area contributed by atoms with Crippen molar-refractivity contribution in [2.24, 2.45) is 0 Å². The van der Waals surface area contributed by atoms with Crippen LogP contribution in [0.25, 0.3) is 0 Å². The topological polar surface area (TPSA) is 126 Å². The van der Waals surface area contributed by atoms with Crippen LogP contribution in [0.1, 0.15) is 32.8 Å². The van der Waals surface area contributed by atoms with Gasteiger partial charge in [0, 0.05) is 44.1 Å². The number of oxazole rings is 1. The molecule has 4 aromatic rings. The number of pyridine rings is 2. The van der Waals surface area contributed by atoms with E-state index in [2.05, 4.69) is 43.5 Å². The third kappa shape index (κ3) is 6.34. The second-order valence-electron chi connectivity index (χ2n) is 9.23. The molecule has 0 spiro atoms. The quantitative estimate of drug-likeness (QED) is 0.292. The number of aliphatic hydroxyl groups is 1. The smallest absolute Gasteiger partial charge is 0.251 e. The SMILES string of the molecule is Cc1c(OCc2cnco2)ccc2c1CCN(C[C@@H](O)CNC(=O)c1ccnc(Nc3cccnc3)c1)C2. The van der Waals surface area contributed by atoms with Gasteiger partial charge in [0.05, 0.1) is 24.2 Å². The molecule has 10 heteroatoms. The molecule has 196 valence electrons. The number of rotatable bonds is 10. The largest absolute Gasteiger partial charge is 0.485 e. The van der Waals surface area contributed by atoms with E-state index in [0.717, 1.165) is 36.5 Å². The van der Waals surface area contributed by atoms with Gasteiger partial charge in [-0.15, -0.1) is 0 Å². The molecule has 1 atom stereocenters. The summed E-state index contributed by atoms with van der Waals surface area (Å²) in [6.07, 6.45) is 8.15. The first-order chi connectivity index (χ1) is 18.5. The molecule has 5 rings (SSSR count). The Morgan fingerprint density at radius 2 is 2.13 bits per heavy atom. The van der Waals surface area contributed by atoms with Gasteiger partial charge in [-0.2, -0.15) is 0 Å². The average Bonchev–Trinajstić information content (AvgIpc) is 3.46. The summed E-state index contributed by atoms with van der Waals surface area (Å²) in [5.41, 5.74) is 4.88. The van der Waals surface area contributed by atoms with E-state index in [4.69, 9.17) is 9.15 Å². The molecule has 10 nitrogen and oxygen atoms in total. The molecule has 1 aliphatic heterocycles. The van der Waals surface area contributed by atoms with Gasteiger partial charge in [0.2, 0.25) is 0 Å². The lowest BCUT2D eigenvalue weighted by Gasteiger charge is -2.31. The second-order valence-corrected chi connectivity index (χ2v) is 9.23. The molecular weight excluding hydrogens is 484 g/mol. The number of nitrogens with one attached hydrogen (secondary N) is 2. The van der Waals surface area contributed by atoms with Crippen LogP contribution in [0.5, 0.6) is 5.75 Å². The van der Waals surface area contributed by atoms with Gasteiger partial charge in [0.1, 0.15) is 18.2 Å². The predicted octanol–water partition coefficient (Wildman–Crippen LogP) is 3.24. The van der Waals surface area contributed by atoms with Crippen LogP contribution in [0.2, 0.25) is 0 Å². The summed E-state index contributed by atoms with van der Waals surface area (Å²) in [5.74, 6) is 1.80. The number of aromatic nitrogens is 3. The van der Waals surface area contributed by atoms with E-state index in [0.29, 0.717) is 30.3 Å². The summed E-state index contributed by atoms with van der Waals surface area (Å²) in [5, 5.41) is 16.6. The number of aliphatic hydroxyl groups excluding tert-OH is 1. The summed E-state index contributed by atoms with van der Waals surface area (Å²) < 4.78 is 11.2. The van der Waals surface area contributed by atoms with Crippen molar-refractivity contribution in [3.8, 4) is 5.75 Å². The van der Waals surface area contributed by atoms with Crippen LogP contribution in [0.3, 0.4) is 0 Å². The maximum atomic E-state index is 12.7. The van der Waals surface area contributed by atoms with Gasteiger partial charge < -0.3 is 24.9 Å². The highest BCUT2D eigenvalue weighted by atomic mass is 16.5. The number of nitrogens with zero attached hydrogens (tertiary/aromatic N) is 4. The number of anilines is 2. The highest BCUT2D eigenvalue weighted by Gasteiger charge is 2.22. The molecule has 3 aromatic heterocycles. The van der Waals surface area contributed by atoms with Crippen LogP contribution in [0.4, 0.5) is 11.5 Å². The van der Waals surface area contributed by atoms with Gasteiger partial charge in [-0.1, -0.05) is 6.07 Å². The van der Waals surface area contributed by atoms with Crippen molar-refractivity contribution in [1.29, 1.82) is 0 Å². The van der Waals surface area contributed by atoms with Crippen LogP contribution in [-0.4, -0.2) is 56.6 Å². The maximum Gasteiger partial charge on any atom is 0.251 e. The lowest BCUT2D eigenvalue weighted by Crippen LogP contribution is -2.42. The van der Waals surface area contributed by atoms with Gasteiger partial charge in [0.25, 0.3) is 5.91 Å². The first kappa shape index (κ1) is 25.4. The number of amides is 1. The lowest BCUT2D eigenvalue weighted by atomic mass is 9.94. The molecule has 38 heavy (non-hydrogen) atoms. The molecule has 0 saturated carbocycles. The Kier molecular flexibility index (Phi) is 7.91. The minimum atomic E-state index is -0.694. The van der Waals surface area contributed by atoms with Crippen molar-refractivity contribution in [1.82, 2.24) is 25.2 Å². The summed E-state index contributed by atoms with van der Waals surface area (Å²) in [4.78, 5) is 27.1. The zero-order valence-electron chi connectivity index (χ0n) is 21.1. The first-order valence-corrected chi connectivity index (χ1v) is 12.5. The number of β-amino-alcohol motifs (C(OH)–C–C–N with tert-alkyl or cyclic N) is 1. The second kappa shape index (κ2) is 11.8. The molecule has 0 bridgehead atoms. The van der Waals surface area contributed by atoms with Gasteiger partial charge in [-0.25, -0.2) is 9.97 Å². The Morgan fingerprint density at radius 1 is 1.21 bits per heavy atom. The fourth-order valence-corrected chi connectivity index (χ4v) is 4.55. The zero-order chi connectivity index (χ0) is 26.3. The summed E-state index contributed by atoms with van der Waals surface area (Å²) in [7, 11) is 0. The van der Waals surface area contributed by atoms with Crippen molar-refractivity contribution in [2.45, 2.75) is 32.6 Å². The standard InChI is InChI=1S/C28H30N6O4/c1-19-25-7-10-34(15-21(25)4-5-26(19)37-17-24-14-30-18-38-24)16-23(35)13-32-28(36)20-6-9-31-27(11-20)33-22-3-2-8-29-12-22/h2-6,8-9,11-12,14,18,23,35H,7,10,13,15-17H2,1H3,(H,31,33)(H,32,36)/t23-/m0/s1. The summed E-state index contributed by atoms with van der Waals surface area (Å²) in [6.45, 7) is 4.59. The monoisotopic (exact) mass is 514 g/mol. The first-order valence-electron chi connectivity index (χ1n) is 12.5. The molecule has 0 aliphatic carbocycles. The molecule has 0 unspecified atom stereocenters. The molecule has 1 aromatic carbocycles. The Hall–Kier alpha value is -4.28. The van der Waals surface area contributed by atoms with Crippen molar-refractivity contribution in [3.05, 3.63) is 95.6 Å². The third-order valence-electron chi connectivity index (χ3n) is 6.49. The van der Waals surface area contributed by atoms with Crippen LogP contribution in [0, 0.1) is 6.92 Å². The molecule has 0 fully saturated rings. The Bertz CT molecular complexity index is 1360. The van der Waals surface area contributed by atoms with E-state index in [1.807, 2.05) is 18.2 Å². The van der Waals surface area contributed by atoms with Crippen LogP contribution >= 0.6 is 0 Å². The predicted molar refractivity (Wildman–Crippen MR) is 141 cm³/mol. The van der Waals surface area contributed by atoms with E-state index in [1.165, 1.54) is 17.5 Å². The van der Waals surface area contributed by atoms with Gasteiger partial charge in [0.15, 0.2) is 12.2 Å². The van der Waals surface area contributed by atoms with Gasteiger partial charge in [-0.3, -0.25) is 14.7 Å². The van der Waals surface area contributed by atoms with E-state index >= 15 is 0 Å². The molecule has 0 saturated heterocycles. The number of hydrogen-bond acceptors (Lipinski definition) is 9. The molecule has 0 radical (unpaired) electrons. The Labute approximate surface area is 220 Å². The van der Waals surface area contributed by atoms with Crippen molar-refractivity contribution in [2.75, 3.05) is 25.0 Å². The average molecular weight is 515 g/mol. The third-order valence-corrected chi connectivity index (χ3v) is 6.49. The number of carbonyl (C=O) groups excluding carboxylic acids is 1. The number of hydrogen-bond donors (Lipinski definition) is 3. The Balaban J connectivity index is 1.11. The summed E-state index contributed by atoms with van der Waals surface area (Å²) in [6, 6.07) is 11.1. The molecule has 4 heterocycles. The minimum Gasteiger partial charge on any atom is -0.485 e. The van der Waals surface area contributed by atoms with Gasteiger partial charge >= 0.3 is 0 Å². The number of benzene rings is 1. The summed E-state index contributed by atoms with van der Waals surface area (Å²) >= 11 is 0. The van der Waals surface area contributed by atoms with Gasteiger partial charge in [-0.05, 0) is 60.4 Å². The van der Waals surface area contributed by atoms with Crippen molar-refractivity contribution < 1.29 is 19.1 Å². The Morgan fingerprint density at radius 3 is 2.95 bits per heavy atom. The number of ether oxygens (including phenoxy) is 1. The highest BCUT2D eigenvalue weighted by Crippen LogP contribution is 2.30. The zero-order valence-corrected chi connectivity index (χ0v) is 21.1. The fourth-order valence-electron chi connectivity index (χ4n) is 4.55.